The first-order valence-electron chi connectivity index (χ1n) is 9.61. The molecule has 2 fully saturated rings. The van der Waals surface area contributed by atoms with Crippen molar-refractivity contribution in [2.75, 3.05) is 12.3 Å². The highest BCUT2D eigenvalue weighted by atomic mass is 16.2. The van der Waals surface area contributed by atoms with E-state index in [4.69, 9.17) is 10.7 Å². The maximum Gasteiger partial charge on any atom is 0.222 e. The van der Waals surface area contributed by atoms with Crippen molar-refractivity contribution in [1.29, 1.82) is 0 Å². The van der Waals surface area contributed by atoms with Crippen LogP contribution >= 0.6 is 0 Å². The summed E-state index contributed by atoms with van der Waals surface area (Å²) in [5, 5.41) is 0. The van der Waals surface area contributed by atoms with Crippen LogP contribution in [-0.2, 0) is 4.79 Å². The maximum atomic E-state index is 12.2. The number of nitrogens with zero attached hydrogens (tertiary/aromatic N) is 4. The third-order valence-corrected chi connectivity index (χ3v) is 6.02. The lowest BCUT2D eigenvalue weighted by Gasteiger charge is -2.34. The summed E-state index contributed by atoms with van der Waals surface area (Å²) in [4.78, 5) is 23.6. The Labute approximate surface area is 158 Å². The first-order valence-corrected chi connectivity index (χ1v) is 9.61. The van der Waals surface area contributed by atoms with Crippen molar-refractivity contribution in [3.8, 4) is 11.3 Å². The number of carbonyl (C=O) groups is 1. The van der Waals surface area contributed by atoms with Crippen LogP contribution in [0.5, 0.6) is 0 Å². The number of carbonyl (C=O) groups excluding carboxylic acids is 1. The molecule has 1 aromatic carbocycles. The molecule has 0 saturated carbocycles. The van der Waals surface area contributed by atoms with E-state index in [2.05, 4.69) is 45.5 Å². The fraction of sp³-hybridized carbons (Fsp3) is 0.381. The van der Waals surface area contributed by atoms with Gasteiger partial charge in [-0.2, -0.15) is 0 Å². The van der Waals surface area contributed by atoms with Crippen molar-refractivity contribution < 1.29 is 4.79 Å². The van der Waals surface area contributed by atoms with Crippen LogP contribution in [0.2, 0.25) is 0 Å². The van der Waals surface area contributed by atoms with Crippen molar-refractivity contribution in [2.45, 2.75) is 44.6 Å². The topological polar surface area (TPSA) is 76.5 Å². The standard InChI is InChI=1S/C21H23N5O/c1-13-2-4-14(5-3-13)18-19-20(22)23-10-11-25(19)21(24-18)15-6-7-16-8-9-17(27)26(16)12-15/h2-5,10-11,15-16H,6-9,12H2,1H3,(H2,22,23)/t15-,16+/m1/s1. The Morgan fingerprint density at radius 3 is 2.78 bits per heavy atom. The van der Waals surface area contributed by atoms with Gasteiger partial charge in [-0.1, -0.05) is 29.8 Å². The van der Waals surface area contributed by atoms with Crippen molar-refractivity contribution in [1.82, 2.24) is 19.3 Å². The van der Waals surface area contributed by atoms with E-state index in [0.717, 1.165) is 48.4 Å². The second kappa shape index (κ2) is 6.08. The molecular formula is C21H23N5O. The largest absolute Gasteiger partial charge is 0.382 e. The van der Waals surface area contributed by atoms with Crippen molar-refractivity contribution in [2.24, 2.45) is 0 Å². The lowest BCUT2D eigenvalue weighted by atomic mass is 9.92. The molecule has 4 heterocycles. The molecule has 2 atom stereocenters. The zero-order valence-corrected chi connectivity index (χ0v) is 15.4. The highest BCUT2D eigenvalue weighted by Gasteiger charge is 2.38. The molecule has 2 aliphatic heterocycles. The Balaban J connectivity index is 1.62. The van der Waals surface area contributed by atoms with Gasteiger partial charge in [-0.25, -0.2) is 9.97 Å². The summed E-state index contributed by atoms with van der Waals surface area (Å²) in [6, 6.07) is 8.74. The molecule has 0 radical (unpaired) electrons. The minimum atomic E-state index is 0.219. The molecule has 1 amide bonds. The predicted molar refractivity (Wildman–Crippen MR) is 104 cm³/mol. The Hall–Kier alpha value is -2.89. The summed E-state index contributed by atoms with van der Waals surface area (Å²) in [5.74, 6) is 1.97. The lowest BCUT2D eigenvalue weighted by molar-refractivity contribution is -0.130. The van der Waals surface area contributed by atoms with Gasteiger partial charge in [0.1, 0.15) is 22.9 Å². The fourth-order valence-corrected chi connectivity index (χ4v) is 4.57. The minimum Gasteiger partial charge on any atom is -0.382 e. The van der Waals surface area contributed by atoms with Crippen molar-refractivity contribution in [3.05, 3.63) is 48.0 Å². The number of piperidine rings is 1. The molecule has 3 aromatic rings. The van der Waals surface area contributed by atoms with Crippen LogP contribution in [0.3, 0.4) is 0 Å². The Morgan fingerprint density at radius 1 is 1.15 bits per heavy atom. The molecule has 138 valence electrons. The number of aromatic nitrogens is 3. The van der Waals surface area contributed by atoms with Gasteiger partial charge in [0.2, 0.25) is 5.91 Å². The van der Waals surface area contributed by atoms with E-state index in [1.54, 1.807) is 6.20 Å². The van der Waals surface area contributed by atoms with Gasteiger partial charge in [0.25, 0.3) is 0 Å². The highest BCUT2D eigenvalue weighted by Crippen LogP contribution is 2.37. The summed E-state index contributed by atoms with van der Waals surface area (Å²) in [6.45, 7) is 2.82. The molecule has 6 heteroatoms. The average Bonchev–Trinajstić information content (AvgIpc) is 3.24. The molecule has 6 nitrogen and oxygen atoms in total. The summed E-state index contributed by atoms with van der Waals surface area (Å²) in [7, 11) is 0. The second-order valence-electron chi connectivity index (χ2n) is 7.73. The zero-order chi connectivity index (χ0) is 18.5. The quantitative estimate of drug-likeness (QED) is 0.761. The van der Waals surface area contributed by atoms with E-state index in [9.17, 15) is 4.79 Å². The van der Waals surface area contributed by atoms with Gasteiger partial charge >= 0.3 is 0 Å². The van der Waals surface area contributed by atoms with Gasteiger partial charge in [-0.3, -0.25) is 9.20 Å². The predicted octanol–water partition coefficient (Wildman–Crippen LogP) is 3.16. The number of hydrogen-bond acceptors (Lipinski definition) is 4. The Kier molecular flexibility index (Phi) is 3.67. The summed E-state index contributed by atoms with van der Waals surface area (Å²) >= 11 is 0. The average molecular weight is 361 g/mol. The molecule has 2 saturated heterocycles. The van der Waals surface area contributed by atoms with Gasteiger partial charge in [0.05, 0.1) is 0 Å². The zero-order valence-electron chi connectivity index (χ0n) is 15.4. The summed E-state index contributed by atoms with van der Waals surface area (Å²) < 4.78 is 2.07. The lowest BCUT2D eigenvalue weighted by Crippen LogP contribution is -2.41. The molecule has 2 aliphatic rings. The van der Waals surface area contributed by atoms with Crippen LogP contribution < -0.4 is 5.73 Å². The van der Waals surface area contributed by atoms with Crippen LogP contribution in [0.1, 0.15) is 43.0 Å². The van der Waals surface area contributed by atoms with Gasteiger partial charge in [-0.15, -0.1) is 0 Å². The molecule has 5 rings (SSSR count). The van der Waals surface area contributed by atoms with Gasteiger partial charge in [-0.05, 0) is 26.2 Å². The molecule has 0 spiro atoms. The van der Waals surface area contributed by atoms with Gasteiger partial charge < -0.3 is 10.6 Å². The monoisotopic (exact) mass is 361 g/mol. The molecular weight excluding hydrogens is 338 g/mol. The van der Waals surface area contributed by atoms with E-state index in [0.29, 0.717) is 18.3 Å². The summed E-state index contributed by atoms with van der Waals surface area (Å²) in [5.41, 5.74) is 10.2. The minimum absolute atomic E-state index is 0.219. The van der Waals surface area contributed by atoms with Gasteiger partial charge in [0.15, 0.2) is 0 Å². The molecule has 2 aromatic heterocycles. The van der Waals surface area contributed by atoms with Crippen molar-refractivity contribution >= 4 is 17.2 Å². The van der Waals surface area contributed by atoms with Crippen LogP contribution in [0, 0.1) is 6.92 Å². The smallest absolute Gasteiger partial charge is 0.222 e. The van der Waals surface area contributed by atoms with Crippen LogP contribution in [0.15, 0.2) is 36.7 Å². The number of rotatable bonds is 2. The molecule has 0 bridgehead atoms. The number of imidazole rings is 1. The first-order chi connectivity index (χ1) is 13.1. The number of amides is 1. The normalized spacial score (nSPS) is 22.4. The number of aryl methyl sites for hydroxylation is 1. The highest BCUT2D eigenvalue weighted by molar-refractivity contribution is 5.85. The fourth-order valence-electron chi connectivity index (χ4n) is 4.57. The third-order valence-electron chi connectivity index (χ3n) is 6.02. The van der Waals surface area contributed by atoms with Crippen LogP contribution in [0.25, 0.3) is 16.8 Å². The van der Waals surface area contributed by atoms with E-state index in [-0.39, 0.29) is 11.8 Å². The van der Waals surface area contributed by atoms with E-state index >= 15 is 0 Å². The number of benzene rings is 1. The number of hydrogen-bond donors (Lipinski definition) is 1. The summed E-state index contributed by atoms with van der Waals surface area (Å²) in [6.07, 6.45) is 7.43. The number of anilines is 1. The molecule has 2 N–H and O–H groups in total. The Morgan fingerprint density at radius 2 is 1.96 bits per heavy atom. The molecule has 27 heavy (non-hydrogen) atoms. The molecule has 0 unspecified atom stereocenters. The van der Waals surface area contributed by atoms with E-state index in [1.165, 1.54) is 5.56 Å². The number of fused-ring (bicyclic) bond motifs is 2. The van der Waals surface area contributed by atoms with E-state index in [1.807, 2.05) is 6.20 Å². The second-order valence-corrected chi connectivity index (χ2v) is 7.73. The Bertz CT molecular complexity index is 1020. The van der Waals surface area contributed by atoms with Crippen LogP contribution in [0.4, 0.5) is 5.82 Å². The van der Waals surface area contributed by atoms with Gasteiger partial charge in [0, 0.05) is 42.9 Å². The molecule has 0 aliphatic carbocycles. The third kappa shape index (κ3) is 2.59. The van der Waals surface area contributed by atoms with Crippen molar-refractivity contribution in [3.63, 3.8) is 0 Å². The van der Waals surface area contributed by atoms with E-state index < -0.39 is 0 Å². The van der Waals surface area contributed by atoms with Crippen LogP contribution in [-0.4, -0.2) is 37.8 Å². The number of nitrogens with two attached hydrogens (primary N) is 1. The first kappa shape index (κ1) is 16.3. The SMILES string of the molecule is Cc1ccc(-c2nc([C@@H]3CC[C@H]4CCC(=O)N4C3)n3ccnc(N)c23)cc1. The maximum absolute atomic E-state index is 12.2. The number of nitrogen functional groups attached to an aromatic ring is 1.